The molecule has 1 aliphatic carbocycles. The first kappa shape index (κ1) is 11.0. The van der Waals surface area contributed by atoms with Crippen LogP contribution in [0.4, 0.5) is 0 Å². The zero-order chi connectivity index (χ0) is 12.4. The Hall–Kier alpha value is -2.08. The summed E-state index contributed by atoms with van der Waals surface area (Å²) < 4.78 is 0. The fraction of sp³-hybridized carbons (Fsp3) is 0.111. The van der Waals surface area contributed by atoms with Crippen LogP contribution in [0, 0.1) is 0 Å². The average Bonchev–Trinajstić information content (AvgIpc) is 3.14. The molecule has 1 aliphatic rings. The van der Waals surface area contributed by atoms with E-state index in [0.717, 1.165) is 6.42 Å². The maximum Gasteiger partial charge on any atom is 0.0275 e. The van der Waals surface area contributed by atoms with Gasteiger partial charge in [0.15, 0.2) is 0 Å². The second-order valence-electron chi connectivity index (χ2n) is 4.77. The minimum absolute atomic E-state index is 0.349. The van der Waals surface area contributed by atoms with E-state index in [4.69, 9.17) is 0 Å². The Bertz CT molecular complexity index is 536. The number of hydrogen-bond donors (Lipinski definition) is 0. The van der Waals surface area contributed by atoms with Crippen molar-refractivity contribution in [1.29, 1.82) is 0 Å². The van der Waals surface area contributed by atoms with Crippen molar-refractivity contribution in [2.45, 2.75) is 12.3 Å². The molecule has 2 aromatic rings. The van der Waals surface area contributed by atoms with E-state index in [1.54, 1.807) is 0 Å². The predicted molar refractivity (Wildman–Crippen MR) is 76.6 cm³/mol. The van der Waals surface area contributed by atoms with Crippen LogP contribution in [0.1, 0.15) is 23.5 Å². The maximum atomic E-state index is 4.02. The van der Waals surface area contributed by atoms with Gasteiger partial charge in [-0.1, -0.05) is 73.3 Å². The van der Waals surface area contributed by atoms with E-state index in [2.05, 4.69) is 73.3 Å². The Morgan fingerprint density at radius 2 is 1.28 bits per heavy atom. The zero-order valence-electron chi connectivity index (χ0n) is 10.3. The molecule has 18 heavy (non-hydrogen) atoms. The third-order valence-corrected chi connectivity index (χ3v) is 3.42. The fourth-order valence-corrected chi connectivity index (χ4v) is 2.27. The molecule has 0 heterocycles. The summed E-state index contributed by atoms with van der Waals surface area (Å²) >= 11 is 0. The highest BCUT2D eigenvalue weighted by Crippen LogP contribution is 2.39. The Morgan fingerprint density at radius 1 is 0.833 bits per heavy atom. The smallest absolute Gasteiger partial charge is 0.0275 e. The Labute approximate surface area is 108 Å². The van der Waals surface area contributed by atoms with Gasteiger partial charge in [-0.25, -0.2) is 0 Å². The Morgan fingerprint density at radius 3 is 1.67 bits per heavy atom. The summed E-state index contributed by atoms with van der Waals surface area (Å²) in [5.41, 5.74) is 5.38. The molecular weight excluding hydrogens is 216 g/mol. The van der Waals surface area contributed by atoms with Gasteiger partial charge in [0, 0.05) is 5.92 Å². The monoisotopic (exact) mass is 232 g/mol. The summed E-state index contributed by atoms with van der Waals surface area (Å²) in [6, 6.07) is 21.3. The zero-order valence-corrected chi connectivity index (χ0v) is 10.3. The molecule has 0 N–H and O–H groups in total. The Balaban J connectivity index is 2.02. The third kappa shape index (κ3) is 2.28. The summed E-state index contributed by atoms with van der Waals surface area (Å²) in [5.74, 6) is 0.349. The Kier molecular flexibility index (Phi) is 2.85. The molecule has 2 aromatic carbocycles. The number of allylic oxidation sites excluding steroid dienone is 3. The molecule has 0 spiro atoms. The van der Waals surface area contributed by atoms with Crippen molar-refractivity contribution in [3.8, 4) is 0 Å². The van der Waals surface area contributed by atoms with Crippen LogP contribution < -0.4 is 0 Å². The first-order valence-electron chi connectivity index (χ1n) is 6.33. The van der Waals surface area contributed by atoms with Gasteiger partial charge in [-0.15, -0.1) is 0 Å². The number of rotatable bonds is 3. The number of hydrogen-bond acceptors (Lipinski definition) is 0. The van der Waals surface area contributed by atoms with Crippen molar-refractivity contribution in [3.05, 3.63) is 95.6 Å². The van der Waals surface area contributed by atoms with Gasteiger partial charge in [-0.3, -0.25) is 0 Å². The van der Waals surface area contributed by atoms with Crippen LogP contribution in [0.3, 0.4) is 0 Å². The molecule has 1 fully saturated rings. The normalized spacial score (nSPS) is 16.3. The molecule has 0 unspecified atom stereocenters. The van der Waals surface area contributed by atoms with Gasteiger partial charge in [0.25, 0.3) is 0 Å². The average molecular weight is 232 g/mol. The maximum absolute atomic E-state index is 4.02. The largest absolute Gasteiger partial charge is 0.0952 e. The minimum atomic E-state index is 0.349. The molecule has 0 nitrogen and oxygen atoms in total. The summed E-state index contributed by atoms with van der Waals surface area (Å²) in [7, 11) is 0. The van der Waals surface area contributed by atoms with Gasteiger partial charge in [0.2, 0.25) is 0 Å². The topological polar surface area (TPSA) is 0 Å². The first-order valence-corrected chi connectivity index (χ1v) is 6.33. The van der Waals surface area contributed by atoms with Gasteiger partial charge < -0.3 is 0 Å². The highest BCUT2D eigenvalue weighted by molar-refractivity contribution is 5.52. The van der Waals surface area contributed by atoms with E-state index in [1.807, 2.05) is 0 Å². The van der Waals surface area contributed by atoms with E-state index in [0.29, 0.717) is 5.92 Å². The lowest BCUT2D eigenvalue weighted by molar-refractivity contribution is 1.02. The van der Waals surface area contributed by atoms with Crippen LogP contribution in [0.25, 0.3) is 0 Å². The van der Waals surface area contributed by atoms with E-state index >= 15 is 0 Å². The summed E-state index contributed by atoms with van der Waals surface area (Å²) in [4.78, 5) is 0. The predicted octanol–water partition coefficient (Wildman–Crippen LogP) is 4.70. The van der Waals surface area contributed by atoms with Crippen molar-refractivity contribution >= 4 is 0 Å². The van der Waals surface area contributed by atoms with Crippen LogP contribution in [0.5, 0.6) is 0 Å². The summed E-state index contributed by atoms with van der Waals surface area (Å²) in [5, 5.41) is 0. The second kappa shape index (κ2) is 4.66. The van der Waals surface area contributed by atoms with E-state index < -0.39 is 0 Å². The fourth-order valence-electron chi connectivity index (χ4n) is 2.27. The summed E-state index contributed by atoms with van der Waals surface area (Å²) in [6.45, 7) is 4.02. The quantitative estimate of drug-likeness (QED) is 0.719. The number of benzene rings is 2. The third-order valence-electron chi connectivity index (χ3n) is 3.42. The second-order valence-corrected chi connectivity index (χ2v) is 4.77. The molecule has 0 bridgehead atoms. The van der Waals surface area contributed by atoms with Gasteiger partial charge in [-0.05, 0) is 28.7 Å². The van der Waals surface area contributed by atoms with E-state index in [9.17, 15) is 0 Å². The molecule has 0 aliphatic heterocycles. The highest BCUT2D eigenvalue weighted by Gasteiger charge is 2.21. The van der Waals surface area contributed by atoms with Crippen LogP contribution in [-0.4, -0.2) is 0 Å². The highest BCUT2D eigenvalue weighted by atomic mass is 14.3. The van der Waals surface area contributed by atoms with Gasteiger partial charge in [0.1, 0.15) is 0 Å². The molecule has 0 radical (unpaired) electrons. The lowest BCUT2D eigenvalue weighted by Crippen LogP contribution is -1.97. The molecular formula is C18H16. The molecule has 0 aromatic heterocycles. The lowest BCUT2D eigenvalue weighted by atomic mass is 9.91. The lowest BCUT2D eigenvalue weighted by Gasteiger charge is -2.13. The van der Waals surface area contributed by atoms with Crippen LogP contribution in [-0.2, 0) is 0 Å². The van der Waals surface area contributed by atoms with Gasteiger partial charge in [-0.2, -0.15) is 0 Å². The van der Waals surface area contributed by atoms with E-state index in [1.165, 1.54) is 22.3 Å². The standard InChI is InChI=1S/C18H16/c1-14-12-17(14)13-18(15-8-4-2-5-9-15)16-10-6-3-7-11-16/h2-11,13,18H,1,12H2/b17-13-. The van der Waals surface area contributed by atoms with Crippen molar-refractivity contribution < 1.29 is 0 Å². The van der Waals surface area contributed by atoms with Crippen LogP contribution in [0.15, 0.2) is 84.5 Å². The molecule has 0 heteroatoms. The molecule has 0 amide bonds. The summed E-state index contributed by atoms with van der Waals surface area (Å²) in [6.07, 6.45) is 3.43. The van der Waals surface area contributed by atoms with Crippen LogP contribution in [0.2, 0.25) is 0 Å². The molecule has 88 valence electrons. The first-order chi connectivity index (χ1) is 8.84. The molecule has 1 saturated carbocycles. The SMILES string of the molecule is C=C1C/C1=C/C(c1ccccc1)c1ccccc1. The van der Waals surface area contributed by atoms with Crippen molar-refractivity contribution in [3.63, 3.8) is 0 Å². The van der Waals surface area contributed by atoms with E-state index in [-0.39, 0.29) is 0 Å². The minimum Gasteiger partial charge on any atom is -0.0952 e. The van der Waals surface area contributed by atoms with Gasteiger partial charge in [0.05, 0.1) is 0 Å². The van der Waals surface area contributed by atoms with Gasteiger partial charge >= 0.3 is 0 Å². The molecule has 0 saturated heterocycles. The van der Waals surface area contributed by atoms with Crippen molar-refractivity contribution in [2.75, 3.05) is 0 Å². The molecule has 0 atom stereocenters. The van der Waals surface area contributed by atoms with Crippen molar-refractivity contribution in [1.82, 2.24) is 0 Å². The molecule has 3 rings (SSSR count). The van der Waals surface area contributed by atoms with Crippen molar-refractivity contribution in [2.24, 2.45) is 0 Å². The van der Waals surface area contributed by atoms with Crippen LogP contribution >= 0.6 is 0 Å².